The molecule has 0 saturated heterocycles. The number of benzene rings is 1. The second kappa shape index (κ2) is 6.21. The van der Waals surface area contributed by atoms with Crippen LogP contribution in [0.4, 0.5) is 0 Å². The van der Waals surface area contributed by atoms with E-state index in [-0.39, 0.29) is 5.78 Å². The topological polar surface area (TPSA) is 26.3 Å². The van der Waals surface area contributed by atoms with Gasteiger partial charge in [-0.2, -0.15) is 0 Å². The molecule has 1 radical (unpaired) electrons. The minimum absolute atomic E-state index is 0.0229. The van der Waals surface area contributed by atoms with Gasteiger partial charge in [-0.1, -0.05) is 6.58 Å². The van der Waals surface area contributed by atoms with Crippen molar-refractivity contribution in [2.24, 2.45) is 0 Å². The molecule has 0 atom stereocenters. The van der Waals surface area contributed by atoms with E-state index >= 15 is 0 Å². The zero-order chi connectivity index (χ0) is 12.1. The Kier molecular flexibility index (Phi) is 5.22. The van der Waals surface area contributed by atoms with Gasteiger partial charge in [0.25, 0.3) is 0 Å². The second-order valence-electron chi connectivity index (χ2n) is 3.28. The van der Waals surface area contributed by atoms with Crippen LogP contribution in [0.2, 0.25) is 0 Å². The van der Waals surface area contributed by atoms with E-state index in [0.717, 1.165) is 8.95 Å². The van der Waals surface area contributed by atoms with Crippen LogP contribution in [0.25, 0.3) is 0 Å². The highest BCUT2D eigenvalue weighted by Gasteiger charge is 2.07. The summed E-state index contributed by atoms with van der Waals surface area (Å²) >= 11 is 6.71. The molecule has 0 amide bonds. The molecule has 0 bridgehead atoms. The zero-order valence-electron chi connectivity index (χ0n) is 8.85. The maximum Gasteiger partial charge on any atom is 0.161 e. The number of allylic oxidation sites excluding steroid dienone is 1. The molecule has 4 heteroatoms. The smallest absolute Gasteiger partial charge is 0.161 e. The first-order valence-electron chi connectivity index (χ1n) is 4.69. The molecule has 0 saturated carbocycles. The number of ketones is 1. The van der Waals surface area contributed by atoms with Crippen LogP contribution >= 0.6 is 31.9 Å². The second-order valence-corrected chi connectivity index (χ2v) is 4.99. The third-order valence-corrected chi connectivity index (χ3v) is 3.08. The van der Waals surface area contributed by atoms with Crippen molar-refractivity contribution in [2.45, 2.75) is 13.3 Å². The van der Waals surface area contributed by atoms with Crippen molar-refractivity contribution in [1.82, 2.24) is 0 Å². The summed E-state index contributed by atoms with van der Waals surface area (Å²) in [6.07, 6.45) is 0.340. The minimum Gasteiger partial charge on any atom is -0.491 e. The highest BCUT2D eigenvalue weighted by Crippen LogP contribution is 2.32. The molecule has 0 fully saturated rings. The van der Waals surface area contributed by atoms with Crippen LogP contribution in [0.1, 0.15) is 13.3 Å². The summed E-state index contributed by atoms with van der Waals surface area (Å²) in [6.45, 7) is 5.63. The summed E-state index contributed by atoms with van der Waals surface area (Å²) in [5.74, 6) is 0.711. The van der Waals surface area contributed by atoms with E-state index in [4.69, 9.17) is 4.74 Å². The molecule has 0 heterocycles. The number of hydrogen-bond acceptors (Lipinski definition) is 2. The number of carbonyl (C=O) groups is 1. The van der Waals surface area contributed by atoms with Gasteiger partial charge in [-0.3, -0.25) is 4.79 Å². The van der Waals surface area contributed by atoms with E-state index in [1.54, 1.807) is 19.1 Å². The number of ether oxygens (including phenoxy) is 1. The molecule has 0 aliphatic rings. The van der Waals surface area contributed by atoms with Crippen molar-refractivity contribution in [3.8, 4) is 5.75 Å². The van der Waals surface area contributed by atoms with E-state index in [0.29, 0.717) is 24.4 Å². The Balaban J connectivity index is 2.55. The van der Waals surface area contributed by atoms with Gasteiger partial charge in [0.05, 0.1) is 15.6 Å². The van der Waals surface area contributed by atoms with Crippen molar-refractivity contribution >= 4 is 37.6 Å². The molecule has 0 N–H and O–H groups in total. The molecule has 1 aromatic carbocycles. The number of hydrogen-bond donors (Lipinski definition) is 0. The lowest BCUT2D eigenvalue weighted by Gasteiger charge is -2.09. The average Bonchev–Trinajstić information content (AvgIpc) is 2.22. The van der Waals surface area contributed by atoms with Crippen LogP contribution in [0.5, 0.6) is 5.75 Å². The van der Waals surface area contributed by atoms with Gasteiger partial charge < -0.3 is 4.74 Å². The van der Waals surface area contributed by atoms with E-state index in [2.05, 4.69) is 44.5 Å². The maximum absolute atomic E-state index is 11.3. The Morgan fingerprint density at radius 2 is 2.00 bits per heavy atom. The Morgan fingerprint density at radius 3 is 2.50 bits per heavy atom. The molecular formula is C12H11Br2O2. The predicted molar refractivity (Wildman–Crippen MR) is 70.6 cm³/mol. The Hall–Kier alpha value is -0.610. The first kappa shape index (κ1) is 13.5. The summed E-state index contributed by atoms with van der Waals surface area (Å²) in [6, 6.07) is 6.46. The quantitative estimate of drug-likeness (QED) is 0.755. The molecule has 0 spiro atoms. The first-order chi connectivity index (χ1) is 7.52. The minimum atomic E-state index is 0.0229. The maximum atomic E-state index is 11.3. The van der Waals surface area contributed by atoms with E-state index in [1.807, 2.05) is 0 Å². The Labute approximate surface area is 112 Å². The molecule has 16 heavy (non-hydrogen) atoms. The summed E-state index contributed by atoms with van der Waals surface area (Å²) in [7, 11) is 0. The van der Waals surface area contributed by atoms with Gasteiger partial charge in [0.1, 0.15) is 5.75 Å². The lowest BCUT2D eigenvalue weighted by atomic mass is 10.2. The molecule has 0 aliphatic carbocycles. The van der Waals surface area contributed by atoms with Gasteiger partial charge in [0, 0.05) is 6.42 Å². The molecular weight excluding hydrogens is 336 g/mol. The Bertz CT molecular complexity index is 393. The van der Waals surface area contributed by atoms with Crippen molar-refractivity contribution in [2.75, 3.05) is 6.61 Å². The van der Waals surface area contributed by atoms with Crippen molar-refractivity contribution in [1.29, 1.82) is 0 Å². The van der Waals surface area contributed by atoms with Crippen molar-refractivity contribution in [3.05, 3.63) is 39.3 Å². The summed E-state index contributed by atoms with van der Waals surface area (Å²) in [5, 5.41) is 0. The predicted octanol–water partition coefficient (Wildman–Crippen LogP) is 3.93. The third kappa shape index (κ3) is 3.76. The normalized spacial score (nSPS) is 9.94. The van der Waals surface area contributed by atoms with Gasteiger partial charge in [-0.25, -0.2) is 0 Å². The number of carbonyl (C=O) groups excluding carboxylic acids is 1. The molecule has 0 unspecified atom stereocenters. The Morgan fingerprint density at radius 1 is 1.44 bits per heavy atom. The van der Waals surface area contributed by atoms with Crippen LogP contribution in [0.3, 0.4) is 0 Å². The number of Topliss-reactive ketones (excluding diaryl/α,β-unsaturated/α-hetero) is 1. The molecule has 85 valence electrons. The average molecular weight is 347 g/mol. The standard InChI is InChI=1S/C12H11Br2O2/c1-8(2)11(15)6-7-16-12-9(13)4-3-5-10(12)14/h4-5H,1,6-7H2,2H3. The highest BCUT2D eigenvalue weighted by atomic mass is 79.9. The largest absolute Gasteiger partial charge is 0.491 e. The summed E-state index contributed by atoms with van der Waals surface area (Å²) in [5.41, 5.74) is 0.558. The van der Waals surface area contributed by atoms with E-state index < -0.39 is 0 Å². The van der Waals surface area contributed by atoms with Crippen molar-refractivity contribution in [3.63, 3.8) is 0 Å². The monoisotopic (exact) mass is 345 g/mol. The lowest BCUT2D eigenvalue weighted by Crippen LogP contribution is -2.07. The zero-order valence-corrected chi connectivity index (χ0v) is 12.0. The van der Waals surface area contributed by atoms with Crippen molar-refractivity contribution < 1.29 is 9.53 Å². The van der Waals surface area contributed by atoms with Gasteiger partial charge in [-0.15, -0.1) is 0 Å². The van der Waals surface area contributed by atoms with Gasteiger partial charge >= 0.3 is 0 Å². The lowest BCUT2D eigenvalue weighted by molar-refractivity contribution is -0.115. The van der Waals surface area contributed by atoms with Crippen LogP contribution in [0.15, 0.2) is 33.2 Å². The molecule has 2 nitrogen and oxygen atoms in total. The van der Waals surface area contributed by atoms with Gasteiger partial charge in [-0.05, 0) is 62.6 Å². The van der Waals surface area contributed by atoms with Crippen LogP contribution in [-0.2, 0) is 4.79 Å². The van der Waals surface area contributed by atoms with E-state index in [1.165, 1.54) is 0 Å². The first-order valence-corrected chi connectivity index (χ1v) is 6.27. The SMILES string of the molecule is C=C(C)C(=O)CCOc1c(Br)c[c]cc1Br. The fourth-order valence-electron chi connectivity index (χ4n) is 1.03. The van der Waals surface area contributed by atoms with Crippen LogP contribution in [-0.4, -0.2) is 12.4 Å². The van der Waals surface area contributed by atoms with Crippen LogP contribution < -0.4 is 4.74 Å². The molecule has 0 aromatic heterocycles. The van der Waals surface area contributed by atoms with Gasteiger partial charge in [0.15, 0.2) is 5.78 Å². The molecule has 1 rings (SSSR count). The fraction of sp³-hybridized carbons (Fsp3) is 0.250. The summed E-state index contributed by atoms with van der Waals surface area (Å²) < 4.78 is 7.13. The molecule has 1 aromatic rings. The van der Waals surface area contributed by atoms with E-state index in [9.17, 15) is 4.79 Å². The summed E-state index contributed by atoms with van der Waals surface area (Å²) in [4.78, 5) is 11.3. The fourth-order valence-corrected chi connectivity index (χ4v) is 2.22. The number of halogens is 2. The number of rotatable bonds is 5. The third-order valence-electron chi connectivity index (χ3n) is 1.91. The highest BCUT2D eigenvalue weighted by molar-refractivity contribution is 9.11. The van der Waals surface area contributed by atoms with Crippen LogP contribution in [0, 0.1) is 6.07 Å². The van der Waals surface area contributed by atoms with Gasteiger partial charge in [0.2, 0.25) is 0 Å². The molecule has 0 aliphatic heterocycles.